The van der Waals surface area contributed by atoms with Gasteiger partial charge in [-0.1, -0.05) is 143 Å². The lowest BCUT2D eigenvalue weighted by atomic mass is 10.00. The van der Waals surface area contributed by atoms with E-state index in [0.717, 1.165) is 70.6 Å². The molecule has 0 aromatic heterocycles. The van der Waals surface area contributed by atoms with E-state index in [-0.39, 0.29) is 36.6 Å². The van der Waals surface area contributed by atoms with Crippen molar-refractivity contribution in [3.05, 3.63) is 0 Å². The number of hydrogen-bond acceptors (Lipinski definition) is 7. The van der Waals surface area contributed by atoms with Crippen LogP contribution in [0.5, 0.6) is 0 Å². The Morgan fingerprint density at radius 3 is 1.27 bits per heavy atom. The third-order valence-electron chi connectivity index (χ3n) is 10.9. The van der Waals surface area contributed by atoms with E-state index in [1.54, 1.807) is 0 Å². The fraction of sp³-hybridized carbons (Fsp3) is 1.00. The van der Waals surface area contributed by atoms with Crippen LogP contribution >= 0.6 is 0 Å². The second-order valence-corrected chi connectivity index (χ2v) is 29.5. The zero-order chi connectivity index (χ0) is 37.2. The van der Waals surface area contributed by atoms with Crippen LogP contribution in [0, 0.1) is 0 Å². The third kappa shape index (κ3) is 24.3. The Morgan fingerprint density at radius 2 is 0.902 bits per heavy atom. The number of aliphatic hydroxyl groups excluding tert-OH is 1. The number of ether oxygens (including phenoxy) is 6. The average molecular weight is 759 g/mol. The van der Waals surface area contributed by atoms with E-state index >= 15 is 0 Å². The van der Waals surface area contributed by atoms with Crippen molar-refractivity contribution < 1.29 is 33.5 Å². The van der Waals surface area contributed by atoms with Crippen LogP contribution in [0.4, 0.5) is 0 Å². The van der Waals surface area contributed by atoms with Crippen LogP contribution in [0.2, 0.25) is 51.4 Å². The zero-order valence-electron chi connectivity index (χ0n) is 34.9. The summed E-state index contributed by atoms with van der Waals surface area (Å²) in [6, 6.07) is 2.33. The molecule has 0 saturated carbocycles. The van der Waals surface area contributed by atoms with Crippen molar-refractivity contribution >= 4 is 16.1 Å². The molecule has 0 aromatic rings. The monoisotopic (exact) mass is 759 g/mol. The Morgan fingerprint density at radius 1 is 0.529 bits per heavy atom. The number of unbranched alkanes of at least 4 members (excludes halogenated alkanes) is 14. The van der Waals surface area contributed by atoms with Crippen LogP contribution in [-0.2, 0) is 28.4 Å². The van der Waals surface area contributed by atoms with Crippen LogP contribution < -0.4 is 0 Å². The fourth-order valence-corrected chi connectivity index (χ4v) is 8.88. The molecule has 0 amide bonds. The van der Waals surface area contributed by atoms with E-state index in [9.17, 15) is 0 Å². The maximum absolute atomic E-state index is 9.00. The topological polar surface area (TPSA) is 75.6 Å². The van der Waals surface area contributed by atoms with Gasteiger partial charge in [0.05, 0.1) is 36.6 Å². The summed E-state index contributed by atoms with van der Waals surface area (Å²) in [6.45, 7) is 19.3. The standard InChI is InChI=1S/C42H86O7Si2/c1-8-9-10-11-12-15-18-21-24-37(46-35-44-31-33-50(2,3)4)39-26-28-41(48-39)42-29-27-40(49-42)38(47-36-45-32-34-51(5,6)7)25-22-19-16-13-14-17-20-23-30-43/h37-43H,8-36H2,1-7H3/t37-,38-,39-,40-,41-,42-/m1/s1. The molecule has 1 N–H and O–H groups in total. The van der Waals surface area contributed by atoms with Gasteiger partial charge in [-0.3, -0.25) is 0 Å². The molecule has 7 nitrogen and oxygen atoms in total. The zero-order valence-corrected chi connectivity index (χ0v) is 36.9. The second-order valence-electron chi connectivity index (χ2n) is 18.3. The first kappa shape index (κ1) is 47.3. The summed E-state index contributed by atoms with van der Waals surface area (Å²) < 4.78 is 38.4. The molecule has 51 heavy (non-hydrogen) atoms. The smallest absolute Gasteiger partial charge is 0.147 e. The van der Waals surface area contributed by atoms with Gasteiger partial charge in [-0.25, -0.2) is 0 Å². The Bertz CT molecular complexity index is 805. The van der Waals surface area contributed by atoms with Gasteiger partial charge in [0, 0.05) is 36.0 Å². The van der Waals surface area contributed by atoms with Gasteiger partial charge >= 0.3 is 0 Å². The highest BCUT2D eigenvalue weighted by molar-refractivity contribution is 6.76. The molecular weight excluding hydrogens is 673 g/mol. The van der Waals surface area contributed by atoms with Gasteiger partial charge in [-0.05, 0) is 57.0 Å². The SMILES string of the molecule is CCCCCCCCCC[C@@H](OCOCC[Si](C)(C)C)[C@H]1CC[C@H]([C@H]2CC[C@H]([C@@H](CCCCCCCCCCO)OCOCC[Si](C)(C)C)O2)O1. The predicted octanol–water partition coefficient (Wildman–Crippen LogP) is 11.5. The molecule has 9 heteroatoms. The summed E-state index contributed by atoms with van der Waals surface area (Å²) in [5.41, 5.74) is 0. The Hall–Kier alpha value is 0.154. The van der Waals surface area contributed by atoms with Gasteiger partial charge < -0.3 is 33.5 Å². The molecule has 6 atom stereocenters. The Kier molecular flexibility index (Phi) is 26.5. The quantitative estimate of drug-likeness (QED) is 0.0398. The first-order valence-electron chi connectivity index (χ1n) is 21.8. The molecule has 2 saturated heterocycles. The summed E-state index contributed by atoms with van der Waals surface area (Å²) in [7, 11) is -2.24. The minimum absolute atomic E-state index is 0.0787. The van der Waals surface area contributed by atoms with Crippen molar-refractivity contribution in [1.82, 2.24) is 0 Å². The van der Waals surface area contributed by atoms with Crippen molar-refractivity contribution in [3.8, 4) is 0 Å². The van der Waals surface area contributed by atoms with Gasteiger partial charge in [0.1, 0.15) is 13.6 Å². The van der Waals surface area contributed by atoms with Gasteiger partial charge in [-0.2, -0.15) is 0 Å². The van der Waals surface area contributed by atoms with E-state index < -0.39 is 16.1 Å². The van der Waals surface area contributed by atoms with E-state index in [1.807, 2.05) is 0 Å². The minimum Gasteiger partial charge on any atom is -0.396 e. The largest absolute Gasteiger partial charge is 0.396 e. The van der Waals surface area contributed by atoms with E-state index in [1.165, 1.54) is 95.9 Å². The molecule has 2 heterocycles. The van der Waals surface area contributed by atoms with Crippen molar-refractivity contribution in [2.45, 2.75) is 236 Å². The van der Waals surface area contributed by atoms with E-state index in [4.69, 9.17) is 33.5 Å². The Labute approximate surface area is 318 Å². The van der Waals surface area contributed by atoms with Crippen LogP contribution in [0.1, 0.15) is 148 Å². The number of hydrogen-bond donors (Lipinski definition) is 1. The summed E-state index contributed by atoms with van der Waals surface area (Å²) in [6.07, 6.45) is 27.1. The highest BCUT2D eigenvalue weighted by Crippen LogP contribution is 2.36. The van der Waals surface area contributed by atoms with Gasteiger partial charge in [0.15, 0.2) is 0 Å². The maximum Gasteiger partial charge on any atom is 0.147 e. The minimum atomic E-state index is -1.13. The van der Waals surface area contributed by atoms with Gasteiger partial charge in [0.25, 0.3) is 0 Å². The molecule has 0 spiro atoms. The third-order valence-corrected chi connectivity index (χ3v) is 14.3. The van der Waals surface area contributed by atoms with Crippen LogP contribution in [0.25, 0.3) is 0 Å². The van der Waals surface area contributed by atoms with E-state index in [0.29, 0.717) is 20.2 Å². The van der Waals surface area contributed by atoms with Crippen molar-refractivity contribution in [2.75, 3.05) is 33.4 Å². The number of rotatable bonds is 34. The fourth-order valence-electron chi connectivity index (χ4n) is 7.37. The van der Waals surface area contributed by atoms with E-state index in [2.05, 4.69) is 46.2 Å². The molecular formula is C42H86O7Si2. The summed E-state index contributed by atoms with van der Waals surface area (Å²) in [5.74, 6) is 0. The lowest BCUT2D eigenvalue weighted by Gasteiger charge is -2.28. The first-order chi connectivity index (χ1) is 24.5. The lowest BCUT2D eigenvalue weighted by molar-refractivity contribution is -0.162. The Balaban J connectivity index is 1.85. The van der Waals surface area contributed by atoms with Crippen molar-refractivity contribution in [2.24, 2.45) is 0 Å². The molecule has 0 aliphatic carbocycles. The molecule has 0 unspecified atom stereocenters. The number of aliphatic hydroxyl groups is 1. The molecule has 2 fully saturated rings. The van der Waals surface area contributed by atoms with Gasteiger partial charge in [-0.15, -0.1) is 0 Å². The molecule has 0 aromatic carbocycles. The normalized spacial score (nSPS) is 22.6. The molecule has 0 radical (unpaired) electrons. The van der Waals surface area contributed by atoms with Crippen LogP contribution in [-0.4, -0.2) is 91.3 Å². The molecule has 2 aliphatic rings. The first-order valence-corrected chi connectivity index (χ1v) is 29.2. The van der Waals surface area contributed by atoms with Crippen molar-refractivity contribution in [3.63, 3.8) is 0 Å². The maximum atomic E-state index is 9.00. The molecule has 304 valence electrons. The average Bonchev–Trinajstić information content (AvgIpc) is 3.76. The van der Waals surface area contributed by atoms with Crippen LogP contribution in [0.3, 0.4) is 0 Å². The molecule has 2 rings (SSSR count). The van der Waals surface area contributed by atoms with Crippen LogP contribution in [0.15, 0.2) is 0 Å². The molecule has 2 aliphatic heterocycles. The predicted molar refractivity (Wildman–Crippen MR) is 219 cm³/mol. The summed E-state index contributed by atoms with van der Waals surface area (Å²) >= 11 is 0. The summed E-state index contributed by atoms with van der Waals surface area (Å²) in [5, 5.41) is 9.00. The van der Waals surface area contributed by atoms with Crippen molar-refractivity contribution in [1.29, 1.82) is 0 Å². The molecule has 0 bridgehead atoms. The highest BCUT2D eigenvalue weighted by Gasteiger charge is 2.42. The van der Waals surface area contributed by atoms with Gasteiger partial charge in [0.2, 0.25) is 0 Å². The summed E-state index contributed by atoms with van der Waals surface area (Å²) in [4.78, 5) is 0. The highest BCUT2D eigenvalue weighted by atomic mass is 28.3. The lowest BCUT2D eigenvalue weighted by Crippen LogP contribution is -2.35. The second kappa shape index (κ2) is 28.5.